The van der Waals surface area contributed by atoms with Crippen LogP contribution < -0.4 is 10.1 Å². The fraction of sp³-hybridized carbons (Fsp3) is 0.310. The normalized spacial score (nSPS) is 13.0. The number of alkyl halides is 3. The minimum Gasteiger partial charge on any atom is -0.448 e. The molecule has 1 amide bonds. The van der Waals surface area contributed by atoms with Crippen LogP contribution in [0.1, 0.15) is 56.2 Å². The maximum absolute atomic E-state index is 13.7. The number of carbonyl (C=O) groups excluding carboxylic acids is 2. The van der Waals surface area contributed by atoms with Gasteiger partial charge < -0.3 is 9.47 Å². The fourth-order valence-electron chi connectivity index (χ4n) is 4.36. The third-order valence-corrected chi connectivity index (χ3v) is 6.20. The summed E-state index contributed by atoms with van der Waals surface area (Å²) in [5.41, 5.74) is 2.45. The molecule has 0 unspecified atom stereocenters. The standard InChI is InChI=1S/C29H28F3NO4/c1-28(2,3)16-15-25(34)37-26-23(29(30,31)32)13-8-14-24(26)33-27(35)36-17-22-20-11-6-4-9-18(20)19-10-5-7-12-21(19)22/h4-14,22H,15-17H2,1-3H3,(H,33,35). The summed E-state index contributed by atoms with van der Waals surface area (Å²) < 4.78 is 51.7. The summed E-state index contributed by atoms with van der Waals surface area (Å²) in [5, 5.41) is 2.33. The number of carbonyl (C=O) groups is 2. The van der Waals surface area contributed by atoms with Gasteiger partial charge in [-0.25, -0.2) is 4.79 Å². The third kappa shape index (κ3) is 6.13. The zero-order chi connectivity index (χ0) is 26.8. The van der Waals surface area contributed by atoms with E-state index in [1.165, 1.54) is 6.07 Å². The molecule has 3 aromatic carbocycles. The molecule has 1 N–H and O–H groups in total. The Hall–Kier alpha value is -3.81. The van der Waals surface area contributed by atoms with Crippen LogP contribution in [-0.2, 0) is 15.7 Å². The summed E-state index contributed by atoms with van der Waals surface area (Å²) in [6.45, 7) is 5.72. The lowest BCUT2D eigenvalue weighted by Gasteiger charge is -2.20. The molecule has 0 aliphatic heterocycles. The van der Waals surface area contributed by atoms with Crippen LogP contribution >= 0.6 is 0 Å². The minimum atomic E-state index is -4.79. The van der Waals surface area contributed by atoms with Crippen LogP contribution in [0, 0.1) is 5.41 Å². The smallest absolute Gasteiger partial charge is 0.420 e. The summed E-state index contributed by atoms with van der Waals surface area (Å²) in [5.74, 6) is -1.78. The highest BCUT2D eigenvalue weighted by Crippen LogP contribution is 2.45. The Bertz CT molecular complexity index is 1270. The van der Waals surface area contributed by atoms with Gasteiger partial charge in [0.15, 0.2) is 5.75 Å². The van der Waals surface area contributed by atoms with Crippen LogP contribution in [0.3, 0.4) is 0 Å². The van der Waals surface area contributed by atoms with Gasteiger partial charge in [0.05, 0.1) is 5.69 Å². The molecule has 0 fully saturated rings. The Morgan fingerprint density at radius 1 is 0.865 bits per heavy atom. The van der Waals surface area contributed by atoms with Crippen molar-refractivity contribution in [2.24, 2.45) is 5.41 Å². The van der Waals surface area contributed by atoms with Crippen molar-refractivity contribution >= 4 is 17.7 Å². The number of hydrogen-bond acceptors (Lipinski definition) is 4. The molecule has 0 radical (unpaired) electrons. The first-order valence-corrected chi connectivity index (χ1v) is 12.0. The molecular formula is C29H28F3NO4. The average molecular weight is 512 g/mol. The minimum absolute atomic E-state index is 0.0144. The first-order valence-electron chi connectivity index (χ1n) is 12.0. The van der Waals surface area contributed by atoms with Crippen molar-refractivity contribution in [2.45, 2.75) is 45.7 Å². The van der Waals surface area contributed by atoms with Crippen LogP contribution in [0.15, 0.2) is 66.7 Å². The molecule has 1 aliphatic carbocycles. The molecular weight excluding hydrogens is 483 g/mol. The summed E-state index contributed by atoms with van der Waals surface area (Å²) in [4.78, 5) is 25.1. The quantitative estimate of drug-likeness (QED) is 0.271. The molecule has 1 aliphatic rings. The van der Waals surface area contributed by atoms with E-state index in [1.807, 2.05) is 69.3 Å². The first kappa shape index (κ1) is 26.3. The lowest BCUT2D eigenvalue weighted by Crippen LogP contribution is -2.21. The van der Waals surface area contributed by atoms with E-state index in [2.05, 4.69) is 5.32 Å². The van der Waals surface area contributed by atoms with Gasteiger partial charge in [-0.1, -0.05) is 75.4 Å². The van der Waals surface area contributed by atoms with E-state index in [-0.39, 0.29) is 30.0 Å². The maximum Gasteiger partial charge on any atom is 0.420 e. The number of benzene rings is 3. The Kier molecular flexibility index (Phi) is 7.30. The number of rotatable bonds is 6. The monoisotopic (exact) mass is 511 g/mol. The molecule has 37 heavy (non-hydrogen) atoms. The van der Waals surface area contributed by atoms with Gasteiger partial charge in [0.2, 0.25) is 0 Å². The summed E-state index contributed by atoms with van der Waals surface area (Å²) >= 11 is 0. The Morgan fingerprint density at radius 2 is 1.46 bits per heavy atom. The molecule has 0 heterocycles. The second-order valence-corrected chi connectivity index (χ2v) is 10.2. The van der Waals surface area contributed by atoms with Gasteiger partial charge in [-0.15, -0.1) is 0 Å². The van der Waals surface area contributed by atoms with Crippen molar-refractivity contribution in [1.29, 1.82) is 0 Å². The van der Waals surface area contributed by atoms with Crippen molar-refractivity contribution in [3.8, 4) is 16.9 Å². The predicted molar refractivity (Wildman–Crippen MR) is 134 cm³/mol. The molecule has 0 atom stereocenters. The highest BCUT2D eigenvalue weighted by Gasteiger charge is 2.37. The molecule has 0 bridgehead atoms. The molecule has 5 nitrogen and oxygen atoms in total. The van der Waals surface area contributed by atoms with E-state index in [1.54, 1.807) is 0 Å². The lowest BCUT2D eigenvalue weighted by atomic mass is 9.91. The van der Waals surface area contributed by atoms with E-state index >= 15 is 0 Å². The fourth-order valence-corrected chi connectivity index (χ4v) is 4.36. The third-order valence-electron chi connectivity index (χ3n) is 6.20. The molecule has 3 aromatic rings. The summed E-state index contributed by atoms with van der Waals surface area (Å²) in [6.07, 6.45) is -5.39. The van der Waals surface area contributed by atoms with Crippen molar-refractivity contribution in [3.63, 3.8) is 0 Å². The maximum atomic E-state index is 13.7. The number of esters is 1. The zero-order valence-electron chi connectivity index (χ0n) is 20.8. The van der Waals surface area contributed by atoms with Crippen LogP contribution in [0.25, 0.3) is 11.1 Å². The van der Waals surface area contributed by atoms with E-state index in [0.29, 0.717) is 6.42 Å². The number of nitrogens with one attached hydrogen (secondary N) is 1. The van der Waals surface area contributed by atoms with Crippen LogP contribution in [-0.4, -0.2) is 18.7 Å². The van der Waals surface area contributed by atoms with E-state index in [9.17, 15) is 22.8 Å². The molecule has 194 valence electrons. The largest absolute Gasteiger partial charge is 0.448 e. The van der Waals surface area contributed by atoms with Crippen molar-refractivity contribution in [1.82, 2.24) is 0 Å². The molecule has 0 saturated heterocycles. The predicted octanol–water partition coefficient (Wildman–Crippen LogP) is 7.80. The number of hydrogen-bond donors (Lipinski definition) is 1. The number of fused-ring (bicyclic) bond motifs is 3. The lowest BCUT2D eigenvalue weighted by molar-refractivity contribution is -0.142. The van der Waals surface area contributed by atoms with Crippen LogP contribution in [0.2, 0.25) is 0 Å². The van der Waals surface area contributed by atoms with Crippen molar-refractivity contribution < 1.29 is 32.2 Å². The second kappa shape index (κ2) is 10.3. The Balaban J connectivity index is 1.51. The number of ether oxygens (including phenoxy) is 2. The van der Waals surface area contributed by atoms with Crippen LogP contribution in [0.4, 0.5) is 23.7 Å². The molecule has 4 rings (SSSR count). The van der Waals surface area contributed by atoms with Crippen molar-refractivity contribution in [3.05, 3.63) is 83.4 Å². The first-order chi connectivity index (χ1) is 17.4. The number of halogens is 3. The van der Waals surface area contributed by atoms with Gasteiger partial charge >= 0.3 is 18.2 Å². The number of para-hydroxylation sites is 1. The molecule has 8 heteroatoms. The zero-order valence-corrected chi connectivity index (χ0v) is 20.8. The molecule has 0 spiro atoms. The van der Waals surface area contributed by atoms with Gasteiger partial charge in [0.25, 0.3) is 0 Å². The van der Waals surface area contributed by atoms with Gasteiger partial charge in [-0.2, -0.15) is 13.2 Å². The summed E-state index contributed by atoms with van der Waals surface area (Å²) in [6, 6.07) is 18.8. The van der Waals surface area contributed by atoms with Gasteiger partial charge in [0, 0.05) is 12.3 Å². The van der Waals surface area contributed by atoms with E-state index < -0.39 is 29.6 Å². The Morgan fingerprint density at radius 3 is 2.03 bits per heavy atom. The SMILES string of the molecule is CC(C)(C)CCC(=O)Oc1c(NC(=O)OCC2c3ccccc3-c3ccccc32)cccc1C(F)(F)F. The highest BCUT2D eigenvalue weighted by atomic mass is 19.4. The summed E-state index contributed by atoms with van der Waals surface area (Å²) in [7, 11) is 0. The average Bonchev–Trinajstić information content (AvgIpc) is 3.15. The molecule has 0 aromatic heterocycles. The van der Waals surface area contributed by atoms with E-state index in [4.69, 9.17) is 9.47 Å². The van der Waals surface area contributed by atoms with Gasteiger partial charge in [-0.05, 0) is 46.2 Å². The molecule has 0 saturated carbocycles. The number of amides is 1. The van der Waals surface area contributed by atoms with Gasteiger partial charge in [0.1, 0.15) is 12.2 Å². The number of anilines is 1. The Labute approximate surface area is 213 Å². The van der Waals surface area contributed by atoms with Gasteiger partial charge in [-0.3, -0.25) is 10.1 Å². The van der Waals surface area contributed by atoms with E-state index in [0.717, 1.165) is 34.4 Å². The topological polar surface area (TPSA) is 64.6 Å². The highest BCUT2D eigenvalue weighted by molar-refractivity contribution is 5.89. The second-order valence-electron chi connectivity index (χ2n) is 10.2. The van der Waals surface area contributed by atoms with Crippen LogP contribution in [0.5, 0.6) is 5.75 Å². The van der Waals surface area contributed by atoms with Crippen molar-refractivity contribution in [2.75, 3.05) is 11.9 Å².